The van der Waals surface area contributed by atoms with E-state index >= 15 is 0 Å². The van der Waals surface area contributed by atoms with Gasteiger partial charge < -0.3 is 9.84 Å². The minimum Gasteiger partial charge on any atom is -0.423 e. The topological polar surface area (TPSA) is 46.5 Å². The van der Waals surface area contributed by atoms with E-state index in [-0.39, 0.29) is 6.61 Å². The highest BCUT2D eigenvalue weighted by molar-refractivity contribution is 5.90. The molecule has 2 aromatic rings. The third-order valence-corrected chi connectivity index (χ3v) is 5.30. The first kappa shape index (κ1) is 19.4. The molecule has 142 valence electrons. The molecule has 3 nitrogen and oxygen atoms in total. The standard InChI is InChI=1S/C24H28O3/c1-17(2)24(26)27-23-16-18(14-15-25)8-13-22(23)21-11-9-20(10-12-21)19-6-4-3-5-7-19/h8-13,16,19,25H,1,3-7,14-15H2,2H3. The summed E-state index contributed by atoms with van der Waals surface area (Å²) < 4.78 is 5.57. The van der Waals surface area contributed by atoms with E-state index in [0.717, 1.165) is 16.7 Å². The Morgan fingerprint density at radius 3 is 2.44 bits per heavy atom. The second kappa shape index (κ2) is 9.01. The number of esters is 1. The third kappa shape index (κ3) is 4.86. The van der Waals surface area contributed by atoms with Crippen LogP contribution in [0, 0.1) is 0 Å². The molecule has 0 unspecified atom stereocenters. The molecule has 27 heavy (non-hydrogen) atoms. The van der Waals surface area contributed by atoms with Gasteiger partial charge in [0.05, 0.1) is 0 Å². The van der Waals surface area contributed by atoms with Gasteiger partial charge in [0.15, 0.2) is 0 Å². The van der Waals surface area contributed by atoms with Crippen molar-refractivity contribution < 1.29 is 14.6 Å². The van der Waals surface area contributed by atoms with Gasteiger partial charge in [0.25, 0.3) is 0 Å². The van der Waals surface area contributed by atoms with Crippen LogP contribution in [0.2, 0.25) is 0 Å². The normalized spacial score (nSPS) is 14.7. The Labute approximate surface area is 161 Å². The Bertz CT molecular complexity index is 799. The number of hydrogen-bond donors (Lipinski definition) is 1. The molecule has 1 aliphatic carbocycles. The molecule has 2 aromatic carbocycles. The van der Waals surface area contributed by atoms with E-state index < -0.39 is 5.97 Å². The summed E-state index contributed by atoms with van der Waals surface area (Å²) in [6, 6.07) is 14.4. The third-order valence-electron chi connectivity index (χ3n) is 5.30. The van der Waals surface area contributed by atoms with Crippen LogP contribution in [0.4, 0.5) is 0 Å². The molecule has 3 heteroatoms. The molecule has 1 aliphatic rings. The number of benzene rings is 2. The second-order valence-corrected chi connectivity index (χ2v) is 7.43. The molecule has 1 N–H and O–H groups in total. The molecule has 0 aliphatic heterocycles. The van der Waals surface area contributed by atoms with Crippen molar-refractivity contribution in [3.8, 4) is 16.9 Å². The average Bonchev–Trinajstić information content (AvgIpc) is 2.69. The largest absolute Gasteiger partial charge is 0.423 e. The summed E-state index contributed by atoms with van der Waals surface area (Å²) in [6.07, 6.45) is 7.07. The van der Waals surface area contributed by atoms with Gasteiger partial charge >= 0.3 is 5.97 Å². The van der Waals surface area contributed by atoms with Crippen LogP contribution >= 0.6 is 0 Å². The van der Waals surface area contributed by atoms with Crippen LogP contribution in [0.15, 0.2) is 54.6 Å². The molecule has 3 rings (SSSR count). The summed E-state index contributed by atoms with van der Waals surface area (Å²) in [5, 5.41) is 9.20. The van der Waals surface area contributed by atoms with Crippen molar-refractivity contribution >= 4 is 5.97 Å². The van der Waals surface area contributed by atoms with Crippen LogP contribution < -0.4 is 4.74 Å². The van der Waals surface area contributed by atoms with Gasteiger partial charge in [-0.3, -0.25) is 0 Å². The number of hydrogen-bond acceptors (Lipinski definition) is 3. The van der Waals surface area contributed by atoms with Crippen molar-refractivity contribution in [2.45, 2.75) is 51.4 Å². The lowest BCUT2D eigenvalue weighted by molar-refractivity contribution is -0.130. The first-order valence-corrected chi connectivity index (χ1v) is 9.80. The van der Waals surface area contributed by atoms with Gasteiger partial charge in [0.1, 0.15) is 5.75 Å². The molecule has 0 heterocycles. The summed E-state index contributed by atoms with van der Waals surface area (Å²) in [5.41, 5.74) is 4.60. The Hall–Kier alpha value is -2.39. The summed E-state index contributed by atoms with van der Waals surface area (Å²) in [4.78, 5) is 12.1. The molecule has 0 aromatic heterocycles. The molecule has 0 amide bonds. The molecule has 0 bridgehead atoms. The van der Waals surface area contributed by atoms with Crippen LogP contribution in [-0.4, -0.2) is 17.7 Å². The predicted octanol–water partition coefficient (Wildman–Crippen LogP) is 5.42. The zero-order chi connectivity index (χ0) is 19.2. The fourth-order valence-electron chi connectivity index (χ4n) is 3.73. The first-order valence-electron chi connectivity index (χ1n) is 9.80. The summed E-state index contributed by atoms with van der Waals surface area (Å²) in [5.74, 6) is 0.746. The number of ether oxygens (including phenoxy) is 1. The van der Waals surface area contributed by atoms with E-state index in [1.165, 1.54) is 37.7 Å². The van der Waals surface area contributed by atoms with Crippen molar-refractivity contribution in [1.82, 2.24) is 0 Å². The average molecular weight is 364 g/mol. The minimum atomic E-state index is -0.434. The number of aliphatic hydroxyl groups is 1. The molecular formula is C24H28O3. The van der Waals surface area contributed by atoms with Crippen molar-refractivity contribution in [1.29, 1.82) is 0 Å². The molecule has 1 fully saturated rings. The smallest absolute Gasteiger partial charge is 0.338 e. The minimum absolute atomic E-state index is 0.0588. The van der Waals surface area contributed by atoms with Crippen LogP contribution in [0.25, 0.3) is 11.1 Å². The van der Waals surface area contributed by atoms with Crippen LogP contribution in [0.3, 0.4) is 0 Å². The van der Waals surface area contributed by atoms with Crippen molar-refractivity contribution in [3.63, 3.8) is 0 Å². The van der Waals surface area contributed by atoms with E-state index in [4.69, 9.17) is 4.74 Å². The number of carbonyl (C=O) groups excluding carboxylic acids is 1. The Morgan fingerprint density at radius 2 is 1.81 bits per heavy atom. The van der Waals surface area contributed by atoms with Crippen LogP contribution in [-0.2, 0) is 11.2 Å². The zero-order valence-electron chi connectivity index (χ0n) is 16.0. The number of carbonyl (C=O) groups is 1. The van der Waals surface area contributed by atoms with Gasteiger partial charge in [0, 0.05) is 17.7 Å². The zero-order valence-corrected chi connectivity index (χ0v) is 16.0. The van der Waals surface area contributed by atoms with Crippen molar-refractivity contribution in [2.75, 3.05) is 6.61 Å². The maximum absolute atomic E-state index is 12.1. The van der Waals surface area contributed by atoms with E-state index in [1.54, 1.807) is 6.92 Å². The molecule has 0 spiro atoms. The lowest BCUT2D eigenvalue weighted by Gasteiger charge is -2.22. The summed E-state index contributed by atoms with van der Waals surface area (Å²) in [7, 11) is 0. The maximum atomic E-state index is 12.1. The monoisotopic (exact) mass is 364 g/mol. The van der Waals surface area contributed by atoms with Gasteiger partial charge in [-0.05, 0) is 54.9 Å². The molecule has 0 atom stereocenters. The van der Waals surface area contributed by atoms with Crippen molar-refractivity contribution in [2.24, 2.45) is 0 Å². The maximum Gasteiger partial charge on any atom is 0.338 e. The number of aliphatic hydroxyl groups excluding tert-OH is 1. The highest BCUT2D eigenvalue weighted by Gasteiger charge is 2.17. The van der Waals surface area contributed by atoms with E-state index in [2.05, 4.69) is 30.8 Å². The predicted molar refractivity (Wildman–Crippen MR) is 109 cm³/mol. The Kier molecular flexibility index (Phi) is 6.46. The SMILES string of the molecule is C=C(C)C(=O)Oc1cc(CCO)ccc1-c1ccc(C2CCCCC2)cc1. The highest BCUT2D eigenvalue weighted by atomic mass is 16.5. The van der Waals surface area contributed by atoms with E-state index in [9.17, 15) is 9.90 Å². The molecule has 0 radical (unpaired) electrons. The van der Waals surface area contributed by atoms with Gasteiger partial charge in [-0.1, -0.05) is 62.2 Å². The highest BCUT2D eigenvalue weighted by Crippen LogP contribution is 2.36. The fourth-order valence-corrected chi connectivity index (χ4v) is 3.73. The van der Waals surface area contributed by atoms with Gasteiger partial charge in [-0.25, -0.2) is 4.79 Å². The lowest BCUT2D eigenvalue weighted by atomic mass is 9.83. The van der Waals surface area contributed by atoms with Gasteiger partial charge in [0.2, 0.25) is 0 Å². The Morgan fingerprint density at radius 1 is 1.11 bits per heavy atom. The summed E-state index contributed by atoms with van der Waals surface area (Å²) >= 11 is 0. The quantitative estimate of drug-likeness (QED) is 0.423. The van der Waals surface area contributed by atoms with Gasteiger partial charge in [-0.2, -0.15) is 0 Å². The van der Waals surface area contributed by atoms with E-state index in [1.807, 2.05) is 18.2 Å². The van der Waals surface area contributed by atoms with Crippen LogP contribution in [0.1, 0.15) is 56.1 Å². The second-order valence-electron chi connectivity index (χ2n) is 7.43. The molecule has 1 saturated carbocycles. The Balaban J connectivity index is 1.89. The van der Waals surface area contributed by atoms with Crippen molar-refractivity contribution in [3.05, 3.63) is 65.7 Å². The van der Waals surface area contributed by atoms with Gasteiger partial charge in [-0.15, -0.1) is 0 Å². The summed E-state index contributed by atoms with van der Waals surface area (Å²) in [6.45, 7) is 5.36. The first-order chi connectivity index (χ1) is 13.1. The molecule has 0 saturated heterocycles. The van der Waals surface area contributed by atoms with E-state index in [0.29, 0.717) is 23.7 Å². The fraction of sp³-hybridized carbons (Fsp3) is 0.375. The number of rotatable bonds is 6. The lowest BCUT2D eigenvalue weighted by Crippen LogP contribution is -2.09. The van der Waals surface area contributed by atoms with Crippen LogP contribution in [0.5, 0.6) is 5.75 Å². The molecular weight excluding hydrogens is 336 g/mol.